The summed E-state index contributed by atoms with van der Waals surface area (Å²) in [5, 5.41) is 11.9. The molecule has 2 heterocycles. The average Bonchev–Trinajstić information content (AvgIpc) is 2.47. The molecule has 0 radical (unpaired) electrons. The van der Waals surface area contributed by atoms with E-state index >= 15 is 0 Å². The molecule has 2 rings (SSSR count). The van der Waals surface area contributed by atoms with Gasteiger partial charge in [-0.2, -0.15) is 0 Å². The van der Waals surface area contributed by atoms with E-state index in [0.717, 1.165) is 16.8 Å². The lowest BCUT2D eigenvalue weighted by molar-refractivity contribution is 0.313. The van der Waals surface area contributed by atoms with Gasteiger partial charge in [-0.25, -0.2) is 9.97 Å². The molecule has 0 atom stereocenters. The molecule has 0 aliphatic heterocycles. The van der Waals surface area contributed by atoms with E-state index in [2.05, 4.69) is 20.1 Å². The van der Waals surface area contributed by atoms with Gasteiger partial charge in [0.05, 0.1) is 11.1 Å². The lowest BCUT2D eigenvalue weighted by Gasteiger charge is -2.23. The number of nitrogens with zero attached hydrogens (tertiary/aromatic N) is 4. The Kier molecular flexibility index (Phi) is 3.51. The third-order valence-electron chi connectivity index (χ3n) is 3.20. The Morgan fingerprint density at radius 3 is 2.30 bits per heavy atom. The summed E-state index contributed by atoms with van der Waals surface area (Å²) in [5.74, 6) is 0.348. The monoisotopic (exact) mass is 272 g/mol. The van der Waals surface area contributed by atoms with E-state index in [4.69, 9.17) is 16.7 Å². The molecule has 5 N–H and O–H groups in total. The van der Waals surface area contributed by atoms with Crippen molar-refractivity contribution in [2.75, 3.05) is 5.73 Å². The molecular weight excluding hydrogens is 256 g/mol. The zero-order valence-electron chi connectivity index (χ0n) is 11.3. The number of pyridine rings is 1. The Bertz CT molecular complexity index is 618. The highest BCUT2D eigenvalue weighted by molar-refractivity contribution is 5.90. The molecule has 7 heteroatoms. The molecule has 7 nitrogen and oxygen atoms in total. The third-order valence-corrected chi connectivity index (χ3v) is 3.20. The summed E-state index contributed by atoms with van der Waals surface area (Å²) in [5.41, 5.74) is 12.9. The number of hydrogen-bond donors (Lipinski definition) is 3. The summed E-state index contributed by atoms with van der Waals surface area (Å²) in [7, 11) is 0. The largest absolute Gasteiger partial charge is 0.409 e. The summed E-state index contributed by atoms with van der Waals surface area (Å²) in [6.45, 7) is 3.70. The molecule has 0 amide bonds. The van der Waals surface area contributed by atoms with Crippen LogP contribution in [0.1, 0.15) is 19.4 Å². The van der Waals surface area contributed by atoms with Crippen molar-refractivity contribution >= 4 is 11.8 Å². The minimum absolute atomic E-state index is 0.128. The molecule has 2 aromatic heterocycles. The number of anilines is 1. The van der Waals surface area contributed by atoms with Gasteiger partial charge in [-0.1, -0.05) is 11.2 Å². The Labute approximate surface area is 116 Å². The first-order valence-electron chi connectivity index (χ1n) is 5.97. The number of amidine groups is 1. The van der Waals surface area contributed by atoms with Crippen LogP contribution in [0, 0.1) is 0 Å². The van der Waals surface area contributed by atoms with Crippen molar-refractivity contribution in [1.82, 2.24) is 15.0 Å². The van der Waals surface area contributed by atoms with Crippen LogP contribution in [0.25, 0.3) is 11.3 Å². The summed E-state index contributed by atoms with van der Waals surface area (Å²) in [6.07, 6.45) is 4.90. The third kappa shape index (κ3) is 2.51. The number of nitrogens with two attached hydrogens (primary N) is 2. The summed E-state index contributed by atoms with van der Waals surface area (Å²) >= 11 is 0. The lowest BCUT2D eigenvalue weighted by Crippen LogP contribution is -2.35. The first-order chi connectivity index (χ1) is 9.45. The van der Waals surface area contributed by atoms with Crippen molar-refractivity contribution in [3.05, 3.63) is 36.3 Å². The van der Waals surface area contributed by atoms with Gasteiger partial charge in [0, 0.05) is 24.2 Å². The fourth-order valence-corrected chi connectivity index (χ4v) is 1.68. The second-order valence-electron chi connectivity index (χ2n) is 4.87. The standard InChI is InChI=1S/C13H16N6O/c1-13(2,11(14)19-20)9-3-4-10(16-7-9)8-5-17-12(15)18-6-8/h3-7,20H,1-2H3,(H2,14,19)(H2,15,17,18). The fraction of sp³-hybridized carbons (Fsp3) is 0.231. The Morgan fingerprint density at radius 1 is 1.15 bits per heavy atom. The maximum absolute atomic E-state index is 8.80. The maximum Gasteiger partial charge on any atom is 0.219 e. The highest BCUT2D eigenvalue weighted by Gasteiger charge is 2.26. The van der Waals surface area contributed by atoms with Crippen LogP contribution in [0.3, 0.4) is 0 Å². The van der Waals surface area contributed by atoms with Crippen LogP contribution < -0.4 is 11.5 Å². The zero-order chi connectivity index (χ0) is 14.8. The minimum atomic E-state index is -0.599. The summed E-state index contributed by atoms with van der Waals surface area (Å²) < 4.78 is 0. The second kappa shape index (κ2) is 5.12. The van der Waals surface area contributed by atoms with Gasteiger partial charge in [0.2, 0.25) is 5.95 Å². The molecule has 0 saturated heterocycles. The fourth-order valence-electron chi connectivity index (χ4n) is 1.68. The summed E-state index contributed by atoms with van der Waals surface area (Å²) in [4.78, 5) is 12.2. The van der Waals surface area contributed by atoms with E-state index in [9.17, 15) is 0 Å². The minimum Gasteiger partial charge on any atom is -0.409 e. The van der Waals surface area contributed by atoms with Gasteiger partial charge in [0.1, 0.15) is 5.84 Å². The number of rotatable bonds is 3. The maximum atomic E-state index is 8.80. The zero-order valence-corrected chi connectivity index (χ0v) is 11.3. The first kappa shape index (κ1) is 13.7. The van der Waals surface area contributed by atoms with E-state index in [1.54, 1.807) is 18.6 Å². The highest BCUT2D eigenvalue weighted by atomic mass is 16.4. The SMILES string of the molecule is CC(C)(/C(N)=N/O)c1ccc(-c2cnc(N)nc2)nc1. The van der Waals surface area contributed by atoms with Gasteiger partial charge in [0.25, 0.3) is 0 Å². The molecule has 0 aromatic carbocycles. The van der Waals surface area contributed by atoms with Crippen LogP contribution >= 0.6 is 0 Å². The van der Waals surface area contributed by atoms with Crippen LogP contribution in [-0.2, 0) is 5.41 Å². The highest BCUT2D eigenvalue weighted by Crippen LogP contribution is 2.24. The summed E-state index contributed by atoms with van der Waals surface area (Å²) in [6, 6.07) is 3.70. The van der Waals surface area contributed by atoms with Crippen molar-refractivity contribution in [3.8, 4) is 11.3 Å². The molecule has 104 valence electrons. The quantitative estimate of drug-likeness (QED) is 0.333. The van der Waals surface area contributed by atoms with Crippen molar-refractivity contribution in [2.45, 2.75) is 19.3 Å². The number of nitrogen functional groups attached to an aromatic ring is 1. The number of hydrogen-bond acceptors (Lipinski definition) is 6. The molecule has 0 aliphatic carbocycles. The van der Waals surface area contributed by atoms with Crippen LogP contribution in [-0.4, -0.2) is 26.0 Å². The van der Waals surface area contributed by atoms with Crippen LogP contribution in [0.4, 0.5) is 5.95 Å². The number of aromatic nitrogens is 3. The van der Waals surface area contributed by atoms with Crippen molar-refractivity contribution in [2.24, 2.45) is 10.9 Å². The molecule has 0 saturated carbocycles. The molecule has 0 fully saturated rings. The molecule has 0 bridgehead atoms. The predicted octanol–water partition coefficient (Wildman–Crippen LogP) is 1.14. The van der Waals surface area contributed by atoms with Gasteiger partial charge < -0.3 is 16.7 Å². The van der Waals surface area contributed by atoms with Crippen molar-refractivity contribution in [3.63, 3.8) is 0 Å². The van der Waals surface area contributed by atoms with Gasteiger partial charge in [0.15, 0.2) is 0 Å². The normalized spacial score (nSPS) is 12.4. The van der Waals surface area contributed by atoms with Crippen LogP contribution in [0.5, 0.6) is 0 Å². The van der Waals surface area contributed by atoms with E-state index in [-0.39, 0.29) is 11.8 Å². The smallest absolute Gasteiger partial charge is 0.219 e. The molecule has 0 spiro atoms. The number of oxime groups is 1. The van der Waals surface area contributed by atoms with Gasteiger partial charge in [-0.15, -0.1) is 0 Å². The van der Waals surface area contributed by atoms with Crippen molar-refractivity contribution < 1.29 is 5.21 Å². The van der Waals surface area contributed by atoms with Gasteiger partial charge >= 0.3 is 0 Å². The first-order valence-corrected chi connectivity index (χ1v) is 5.97. The van der Waals surface area contributed by atoms with Gasteiger partial charge in [-0.3, -0.25) is 4.98 Å². The Morgan fingerprint density at radius 2 is 1.80 bits per heavy atom. The average molecular weight is 272 g/mol. The second-order valence-corrected chi connectivity index (χ2v) is 4.87. The lowest BCUT2D eigenvalue weighted by atomic mass is 9.84. The Balaban J connectivity index is 2.33. The topological polar surface area (TPSA) is 123 Å². The molecule has 2 aromatic rings. The van der Waals surface area contributed by atoms with E-state index in [1.807, 2.05) is 26.0 Å². The predicted molar refractivity (Wildman–Crippen MR) is 76.1 cm³/mol. The molecule has 20 heavy (non-hydrogen) atoms. The van der Waals surface area contributed by atoms with Gasteiger partial charge in [-0.05, 0) is 25.5 Å². The van der Waals surface area contributed by atoms with Crippen molar-refractivity contribution in [1.29, 1.82) is 0 Å². The molecular formula is C13H16N6O. The van der Waals surface area contributed by atoms with E-state index in [1.165, 1.54) is 0 Å². The van der Waals surface area contributed by atoms with Crippen LogP contribution in [0.15, 0.2) is 35.9 Å². The van der Waals surface area contributed by atoms with Crippen LogP contribution in [0.2, 0.25) is 0 Å². The molecule has 0 aliphatic rings. The van der Waals surface area contributed by atoms with E-state index < -0.39 is 5.41 Å². The molecule has 0 unspecified atom stereocenters. The Hall–Kier alpha value is -2.70. The van der Waals surface area contributed by atoms with E-state index in [0.29, 0.717) is 0 Å².